The number of anilines is 1. The summed E-state index contributed by atoms with van der Waals surface area (Å²) in [6.07, 6.45) is -4.62. The SMILES string of the molecule is COC(=O)c1cccc(C(=O)Nc2cc(C(=O)NCC(F)(F)F)cc(F)c2C)c1. The van der Waals surface area contributed by atoms with E-state index in [1.165, 1.54) is 38.3 Å². The number of carbonyl (C=O) groups is 3. The molecule has 2 N–H and O–H groups in total. The Hall–Kier alpha value is -3.43. The van der Waals surface area contributed by atoms with Crippen molar-refractivity contribution < 1.29 is 36.7 Å². The predicted octanol–water partition coefficient (Wildman–Crippen LogP) is 3.47. The van der Waals surface area contributed by atoms with E-state index in [4.69, 9.17) is 0 Å². The molecule has 0 aliphatic heterocycles. The van der Waals surface area contributed by atoms with E-state index in [2.05, 4.69) is 10.1 Å². The molecule has 0 radical (unpaired) electrons. The predicted molar refractivity (Wildman–Crippen MR) is 95.3 cm³/mol. The standard InChI is InChI=1S/C19H16F4N2O4/c1-10-14(20)7-13(16(26)24-9-19(21,22)23)8-15(10)25-17(27)11-4-3-5-12(6-11)18(28)29-2/h3-8H,9H2,1-2H3,(H,24,26)(H,25,27). The molecule has 0 aliphatic rings. The summed E-state index contributed by atoms with van der Waals surface area (Å²) in [6, 6.07) is 7.36. The first-order chi connectivity index (χ1) is 13.5. The highest BCUT2D eigenvalue weighted by molar-refractivity contribution is 6.06. The highest BCUT2D eigenvalue weighted by atomic mass is 19.4. The summed E-state index contributed by atoms with van der Waals surface area (Å²) in [5.41, 5.74) is -0.343. The molecule has 2 aromatic rings. The second-order valence-electron chi connectivity index (χ2n) is 5.95. The lowest BCUT2D eigenvalue weighted by molar-refractivity contribution is -0.123. The van der Waals surface area contributed by atoms with Crippen LogP contribution in [0.15, 0.2) is 36.4 Å². The summed E-state index contributed by atoms with van der Waals surface area (Å²) >= 11 is 0. The van der Waals surface area contributed by atoms with Crippen molar-refractivity contribution in [3.8, 4) is 0 Å². The molecule has 0 aromatic heterocycles. The lowest BCUT2D eigenvalue weighted by Gasteiger charge is -2.13. The Balaban J connectivity index is 2.26. The number of benzene rings is 2. The van der Waals surface area contributed by atoms with Crippen molar-refractivity contribution >= 4 is 23.5 Å². The molecular formula is C19H16F4N2O4. The third-order valence-corrected chi connectivity index (χ3v) is 3.85. The van der Waals surface area contributed by atoms with E-state index in [1.54, 1.807) is 5.32 Å². The van der Waals surface area contributed by atoms with Gasteiger partial charge in [-0.3, -0.25) is 9.59 Å². The molecule has 0 saturated carbocycles. The number of hydrogen-bond acceptors (Lipinski definition) is 4. The van der Waals surface area contributed by atoms with Crippen LogP contribution in [0.5, 0.6) is 0 Å². The molecule has 0 atom stereocenters. The van der Waals surface area contributed by atoms with Crippen LogP contribution in [0.25, 0.3) is 0 Å². The Labute approximate surface area is 162 Å². The maximum atomic E-state index is 14.1. The van der Waals surface area contributed by atoms with Crippen molar-refractivity contribution in [2.75, 3.05) is 19.0 Å². The van der Waals surface area contributed by atoms with Gasteiger partial charge >= 0.3 is 12.1 Å². The Morgan fingerprint density at radius 2 is 1.66 bits per heavy atom. The molecule has 154 valence electrons. The van der Waals surface area contributed by atoms with Crippen LogP contribution in [0.1, 0.15) is 36.6 Å². The number of methoxy groups -OCH3 is 1. The van der Waals surface area contributed by atoms with Crippen LogP contribution in [-0.4, -0.2) is 37.6 Å². The van der Waals surface area contributed by atoms with E-state index in [-0.39, 0.29) is 22.4 Å². The first-order valence-electron chi connectivity index (χ1n) is 8.16. The highest BCUT2D eigenvalue weighted by Gasteiger charge is 2.28. The van der Waals surface area contributed by atoms with Crippen molar-refractivity contribution in [2.24, 2.45) is 0 Å². The maximum Gasteiger partial charge on any atom is 0.405 e. The van der Waals surface area contributed by atoms with Gasteiger partial charge in [0.2, 0.25) is 0 Å². The van der Waals surface area contributed by atoms with Crippen molar-refractivity contribution in [3.63, 3.8) is 0 Å². The van der Waals surface area contributed by atoms with Gasteiger partial charge in [-0.25, -0.2) is 9.18 Å². The van der Waals surface area contributed by atoms with E-state index in [1.807, 2.05) is 0 Å². The first kappa shape index (κ1) is 21.9. The van der Waals surface area contributed by atoms with E-state index >= 15 is 0 Å². The Bertz CT molecular complexity index is 958. The molecule has 10 heteroatoms. The summed E-state index contributed by atoms with van der Waals surface area (Å²) in [7, 11) is 1.18. The van der Waals surface area contributed by atoms with E-state index in [9.17, 15) is 31.9 Å². The van der Waals surface area contributed by atoms with Crippen LogP contribution in [0.3, 0.4) is 0 Å². The summed E-state index contributed by atoms with van der Waals surface area (Å²) < 4.78 is 55.4. The van der Waals surface area contributed by atoms with Crippen LogP contribution < -0.4 is 10.6 Å². The summed E-state index contributed by atoms with van der Waals surface area (Å²) in [5.74, 6) is -3.41. The van der Waals surface area contributed by atoms with Crippen LogP contribution in [0, 0.1) is 12.7 Å². The van der Waals surface area contributed by atoms with Crippen LogP contribution in [0.2, 0.25) is 0 Å². The molecule has 2 aromatic carbocycles. The third kappa shape index (κ3) is 5.77. The fourth-order valence-corrected chi connectivity index (χ4v) is 2.32. The molecule has 0 bridgehead atoms. The molecule has 0 aliphatic carbocycles. The van der Waals surface area contributed by atoms with Crippen molar-refractivity contribution in [3.05, 3.63) is 64.5 Å². The average molecular weight is 412 g/mol. The van der Waals surface area contributed by atoms with Gasteiger partial charge in [-0.05, 0) is 37.3 Å². The molecule has 0 saturated heterocycles. The number of amides is 2. The van der Waals surface area contributed by atoms with E-state index in [0.29, 0.717) is 0 Å². The van der Waals surface area contributed by atoms with E-state index < -0.39 is 41.9 Å². The summed E-state index contributed by atoms with van der Waals surface area (Å²) in [4.78, 5) is 35.9. The fourth-order valence-electron chi connectivity index (χ4n) is 2.32. The van der Waals surface area contributed by atoms with E-state index in [0.717, 1.165) is 12.1 Å². The topological polar surface area (TPSA) is 84.5 Å². The number of halogens is 4. The maximum absolute atomic E-state index is 14.1. The van der Waals surface area contributed by atoms with Gasteiger partial charge in [0, 0.05) is 22.4 Å². The third-order valence-electron chi connectivity index (χ3n) is 3.85. The molecular weight excluding hydrogens is 396 g/mol. The Morgan fingerprint density at radius 1 is 1.00 bits per heavy atom. The summed E-state index contributed by atoms with van der Waals surface area (Å²) in [5, 5.41) is 4.02. The van der Waals surface area contributed by atoms with Gasteiger partial charge < -0.3 is 15.4 Å². The molecule has 2 rings (SSSR count). The lowest BCUT2D eigenvalue weighted by atomic mass is 10.1. The first-order valence-corrected chi connectivity index (χ1v) is 8.16. The van der Waals surface area contributed by atoms with Crippen molar-refractivity contribution in [1.82, 2.24) is 5.32 Å². The van der Waals surface area contributed by atoms with Gasteiger partial charge in [-0.2, -0.15) is 13.2 Å². The average Bonchev–Trinajstić information content (AvgIpc) is 2.68. The number of carbonyl (C=O) groups excluding carboxylic acids is 3. The van der Waals surface area contributed by atoms with Crippen LogP contribution in [0.4, 0.5) is 23.2 Å². The minimum atomic E-state index is -4.62. The minimum Gasteiger partial charge on any atom is -0.465 e. The quantitative estimate of drug-likeness (QED) is 0.582. The van der Waals surface area contributed by atoms with Gasteiger partial charge in [0.15, 0.2) is 0 Å². The summed E-state index contributed by atoms with van der Waals surface area (Å²) in [6.45, 7) is -0.253. The molecule has 2 amide bonds. The zero-order valence-corrected chi connectivity index (χ0v) is 15.3. The monoisotopic (exact) mass is 412 g/mol. The number of hydrogen-bond donors (Lipinski definition) is 2. The van der Waals surface area contributed by atoms with Crippen molar-refractivity contribution in [1.29, 1.82) is 0 Å². The minimum absolute atomic E-state index is 0.0187. The number of ether oxygens (including phenoxy) is 1. The fraction of sp³-hybridized carbons (Fsp3) is 0.211. The molecule has 0 fully saturated rings. The van der Waals surface area contributed by atoms with Gasteiger partial charge in [-0.15, -0.1) is 0 Å². The van der Waals surface area contributed by atoms with Crippen molar-refractivity contribution in [2.45, 2.75) is 13.1 Å². The highest BCUT2D eigenvalue weighted by Crippen LogP contribution is 2.22. The number of rotatable bonds is 5. The lowest BCUT2D eigenvalue weighted by Crippen LogP contribution is -2.33. The van der Waals surface area contributed by atoms with Crippen LogP contribution >= 0.6 is 0 Å². The van der Waals surface area contributed by atoms with Gasteiger partial charge in [-0.1, -0.05) is 6.07 Å². The van der Waals surface area contributed by atoms with Gasteiger partial charge in [0.05, 0.1) is 12.7 Å². The largest absolute Gasteiger partial charge is 0.465 e. The zero-order chi connectivity index (χ0) is 21.8. The smallest absolute Gasteiger partial charge is 0.405 e. The van der Waals surface area contributed by atoms with Crippen LogP contribution in [-0.2, 0) is 4.74 Å². The van der Waals surface area contributed by atoms with Gasteiger partial charge in [0.1, 0.15) is 12.4 Å². The second-order valence-corrected chi connectivity index (χ2v) is 5.95. The Morgan fingerprint density at radius 3 is 2.28 bits per heavy atom. The molecule has 0 unspecified atom stereocenters. The molecule has 0 heterocycles. The molecule has 6 nitrogen and oxygen atoms in total. The molecule has 29 heavy (non-hydrogen) atoms. The number of esters is 1. The molecule has 0 spiro atoms. The zero-order valence-electron chi connectivity index (χ0n) is 15.3. The normalized spacial score (nSPS) is 11.0. The number of alkyl halides is 3. The Kier molecular flexibility index (Phi) is 6.57. The van der Waals surface area contributed by atoms with Gasteiger partial charge in [0.25, 0.3) is 11.8 Å². The second kappa shape index (κ2) is 8.72. The number of nitrogens with one attached hydrogen (secondary N) is 2.